The predicted octanol–water partition coefficient (Wildman–Crippen LogP) is 4.10. The first-order valence-electron chi connectivity index (χ1n) is 9.79. The number of nitrogen functional groups attached to an aromatic ring is 1. The standard InChI is InChI=1S/C22H25N5/c23-21-11-18-19-10-17(12-25-22(19)26-20(18)13-24-21)16-6-4-15(5-7-16)14-27-8-2-1-3-9-27/h4-7,10-11,13,25-26H,1-3,8-9,12,14H2,(H2,23,24). The Morgan fingerprint density at radius 1 is 1.07 bits per heavy atom. The third-order valence-corrected chi connectivity index (χ3v) is 5.70. The Labute approximate surface area is 159 Å². The second-order valence-corrected chi connectivity index (χ2v) is 7.63. The second kappa shape index (κ2) is 6.74. The van der Waals surface area contributed by atoms with Crippen molar-refractivity contribution in [2.75, 3.05) is 30.7 Å². The summed E-state index contributed by atoms with van der Waals surface area (Å²) in [7, 11) is 0. The van der Waals surface area contributed by atoms with E-state index in [1.807, 2.05) is 6.07 Å². The Bertz CT molecular complexity index is 993. The van der Waals surface area contributed by atoms with Crippen LogP contribution in [0.4, 0.5) is 11.6 Å². The van der Waals surface area contributed by atoms with Gasteiger partial charge in [0.05, 0.1) is 11.7 Å². The van der Waals surface area contributed by atoms with Gasteiger partial charge in [-0.05, 0) is 54.8 Å². The lowest BCUT2D eigenvalue weighted by Crippen LogP contribution is -2.29. The molecule has 0 atom stereocenters. The number of anilines is 2. The van der Waals surface area contributed by atoms with E-state index >= 15 is 0 Å². The highest BCUT2D eigenvalue weighted by atomic mass is 15.1. The average Bonchev–Trinajstić information content (AvgIpc) is 3.06. The molecule has 1 saturated heterocycles. The minimum Gasteiger partial charge on any atom is -0.384 e. The number of nitrogens with two attached hydrogens (primary N) is 1. The first-order chi connectivity index (χ1) is 13.3. The van der Waals surface area contributed by atoms with E-state index in [1.54, 1.807) is 6.20 Å². The summed E-state index contributed by atoms with van der Waals surface area (Å²) in [5, 5.41) is 4.61. The fraction of sp³-hybridized carbons (Fsp3) is 0.318. The number of likely N-dealkylation sites (tertiary alicyclic amines) is 1. The minimum atomic E-state index is 0.548. The van der Waals surface area contributed by atoms with Crippen LogP contribution in [-0.4, -0.2) is 34.5 Å². The van der Waals surface area contributed by atoms with Gasteiger partial charge in [0.2, 0.25) is 0 Å². The summed E-state index contributed by atoms with van der Waals surface area (Å²) in [4.78, 5) is 10.1. The van der Waals surface area contributed by atoms with Gasteiger partial charge in [0.1, 0.15) is 11.6 Å². The normalized spacial score (nSPS) is 17.4. The molecule has 1 aromatic carbocycles. The van der Waals surface area contributed by atoms with Crippen LogP contribution < -0.4 is 11.1 Å². The fourth-order valence-electron chi connectivity index (χ4n) is 4.21. The van der Waals surface area contributed by atoms with Gasteiger partial charge < -0.3 is 16.0 Å². The van der Waals surface area contributed by atoms with Crippen molar-refractivity contribution in [2.24, 2.45) is 0 Å². The second-order valence-electron chi connectivity index (χ2n) is 7.63. The molecular weight excluding hydrogens is 334 g/mol. The largest absolute Gasteiger partial charge is 0.384 e. The van der Waals surface area contributed by atoms with E-state index in [9.17, 15) is 0 Å². The molecule has 0 spiro atoms. The molecule has 0 unspecified atom stereocenters. The molecule has 4 N–H and O–H groups in total. The van der Waals surface area contributed by atoms with Crippen molar-refractivity contribution < 1.29 is 0 Å². The number of hydrogen-bond donors (Lipinski definition) is 3. The highest BCUT2D eigenvalue weighted by Crippen LogP contribution is 2.34. The van der Waals surface area contributed by atoms with Gasteiger partial charge in [-0.15, -0.1) is 0 Å². The first-order valence-corrected chi connectivity index (χ1v) is 9.79. The number of hydrogen-bond acceptors (Lipinski definition) is 4. The predicted molar refractivity (Wildman–Crippen MR) is 112 cm³/mol. The summed E-state index contributed by atoms with van der Waals surface area (Å²) >= 11 is 0. The molecule has 27 heavy (non-hydrogen) atoms. The molecule has 0 bridgehead atoms. The van der Waals surface area contributed by atoms with Crippen LogP contribution >= 0.6 is 0 Å². The topological polar surface area (TPSA) is 70.0 Å². The highest BCUT2D eigenvalue weighted by Gasteiger charge is 2.17. The van der Waals surface area contributed by atoms with Crippen LogP contribution in [0.25, 0.3) is 22.6 Å². The van der Waals surface area contributed by atoms with Gasteiger partial charge in [0, 0.05) is 24.0 Å². The van der Waals surface area contributed by atoms with Crippen molar-refractivity contribution >= 4 is 34.2 Å². The molecule has 0 amide bonds. The van der Waals surface area contributed by atoms with E-state index in [1.165, 1.54) is 49.1 Å². The van der Waals surface area contributed by atoms with E-state index in [4.69, 9.17) is 5.73 Å². The lowest BCUT2D eigenvalue weighted by atomic mass is 9.98. The smallest absolute Gasteiger partial charge is 0.124 e. The van der Waals surface area contributed by atoms with Gasteiger partial charge in [-0.25, -0.2) is 4.98 Å². The van der Waals surface area contributed by atoms with E-state index in [0.29, 0.717) is 5.82 Å². The first kappa shape index (κ1) is 16.4. The Morgan fingerprint density at radius 3 is 2.70 bits per heavy atom. The lowest BCUT2D eigenvalue weighted by molar-refractivity contribution is 0.221. The Hall–Kier alpha value is -2.79. The molecule has 2 aliphatic rings. The van der Waals surface area contributed by atoms with Crippen molar-refractivity contribution in [3.8, 4) is 0 Å². The molecule has 0 aliphatic carbocycles. The van der Waals surface area contributed by atoms with Crippen LogP contribution in [0.15, 0.2) is 36.5 Å². The Morgan fingerprint density at radius 2 is 1.89 bits per heavy atom. The van der Waals surface area contributed by atoms with Gasteiger partial charge in [0.15, 0.2) is 0 Å². The molecule has 2 aliphatic heterocycles. The Balaban J connectivity index is 1.41. The number of H-pyrrole nitrogens is 1. The highest BCUT2D eigenvalue weighted by molar-refractivity contribution is 6.02. The molecule has 0 radical (unpaired) electrons. The summed E-state index contributed by atoms with van der Waals surface area (Å²) in [6, 6.07) is 11.0. The molecule has 0 saturated carbocycles. The number of aromatic amines is 1. The summed E-state index contributed by atoms with van der Waals surface area (Å²) in [5.74, 6) is 1.59. The molecule has 3 aromatic rings. The number of nitrogens with zero attached hydrogens (tertiary/aromatic N) is 2. The molecule has 138 valence electrons. The van der Waals surface area contributed by atoms with Crippen LogP contribution in [-0.2, 0) is 6.54 Å². The maximum absolute atomic E-state index is 5.89. The molecule has 4 heterocycles. The maximum Gasteiger partial charge on any atom is 0.124 e. The number of rotatable bonds is 3. The van der Waals surface area contributed by atoms with Crippen LogP contribution in [0.3, 0.4) is 0 Å². The van der Waals surface area contributed by atoms with Crippen LogP contribution in [0, 0.1) is 0 Å². The number of piperidine rings is 1. The molecule has 1 fully saturated rings. The zero-order valence-corrected chi connectivity index (χ0v) is 15.5. The van der Waals surface area contributed by atoms with E-state index < -0.39 is 0 Å². The van der Waals surface area contributed by atoms with E-state index in [2.05, 4.69) is 50.5 Å². The average molecular weight is 359 g/mol. The SMILES string of the molecule is Nc1cc2c3c([nH]c2cn1)NCC(c1ccc(CN2CCCCC2)cc1)=C3. The Kier molecular flexibility index (Phi) is 4.09. The number of nitrogens with one attached hydrogen (secondary N) is 2. The summed E-state index contributed by atoms with van der Waals surface area (Å²) < 4.78 is 0. The number of benzene rings is 1. The fourth-order valence-corrected chi connectivity index (χ4v) is 4.21. The summed E-state index contributed by atoms with van der Waals surface area (Å²) in [6.45, 7) is 4.35. The lowest BCUT2D eigenvalue weighted by Gasteiger charge is -2.26. The van der Waals surface area contributed by atoms with Crippen molar-refractivity contribution in [3.63, 3.8) is 0 Å². The molecule has 2 aromatic heterocycles. The minimum absolute atomic E-state index is 0.548. The van der Waals surface area contributed by atoms with Gasteiger partial charge in [0.25, 0.3) is 0 Å². The molecular formula is C22H25N5. The monoisotopic (exact) mass is 359 g/mol. The number of fused-ring (bicyclic) bond motifs is 3. The van der Waals surface area contributed by atoms with Crippen molar-refractivity contribution in [1.29, 1.82) is 0 Å². The van der Waals surface area contributed by atoms with Crippen LogP contribution in [0.1, 0.15) is 36.0 Å². The van der Waals surface area contributed by atoms with Gasteiger partial charge in [-0.3, -0.25) is 4.90 Å². The maximum atomic E-state index is 5.89. The summed E-state index contributed by atoms with van der Waals surface area (Å²) in [5.41, 5.74) is 12.0. The third kappa shape index (κ3) is 3.19. The molecule has 5 nitrogen and oxygen atoms in total. The quantitative estimate of drug-likeness (QED) is 0.658. The van der Waals surface area contributed by atoms with Crippen molar-refractivity contribution in [2.45, 2.75) is 25.8 Å². The van der Waals surface area contributed by atoms with Gasteiger partial charge in [-0.2, -0.15) is 0 Å². The van der Waals surface area contributed by atoms with Gasteiger partial charge >= 0.3 is 0 Å². The van der Waals surface area contributed by atoms with E-state index in [0.717, 1.165) is 35.4 Å². The summed E-state index contributed by atoms with van der Waals surface area (Å²) in [6.07, 6.45) is 8.12. The van der Waals surface area contributed by atoms with Crippen molar-refractivity contribution in [3.05, 3.63) is 53.2 Å². The number of pyridine rings is 1. The molecule has 5 rings (SSSR count). The van der Waals surface area contributed by atoms with Crippen LogP contribution in [0.5, 0.6) is 0 Å². The van der Waals surface area contributed by atoms with E-state index in [-0.39, 0.29) is 0 Å². The third-order valence-electron chi connectivity index (χ3n) is 5.70. The molecule has 5 heteroatoms. The zero-order chi connectivity index (χ0) is 18.2. The number of aromatic nitrogens is 2. The van der Waals surface area contributed by atoms with Crippen LogP contribution in [0.2, 0.25) is 0 Å². The zero-order valence-electron chi connectivity index (χ0n) is 15.5. The van der Waals surface area contributed by atoms with Crippen molar-refractivity contribution in [1.82, 2.24) is 14.9 Å². The van der Waals surface area contributed by atoms with Gasteiger partial charge in [-0.1, -0.05) is 30.7 Å².